The number of hydrogen-bond acceptors (Lipinski definition) is 4. The maximum atomic E-state index is 11.1. The molecule has 0 bridgehead atoms. The van der Waals surface area contributed by atoms with Crippen molar-refractivity contribution in [2.45, 2.75) is 33.0 Å². The fourth-order valence-corrected chi connectivity index (χ4v) is 1.58. The zero-order chi connectivity index (χ0) is 12.8. The van der Waals surface area contributed by atoms with Crippen LogP contribution in [0.5, 0.6) is 0 Å². The van der Waals surface area contributed by atoms with Gasteiger partial charge in [0.05, 0.1) is 0 Å². The van der Waals surface area contributed by atoms with Crippen molar-refractivity contribution in [2.75, 3.05) is 0 Å². The molecule has 0 saturated heterocycles. The van der Waals surface area contributed by atoms with Crippen molar-refractivity contribution in [3.63, 3.8) is 0 Å². The van der Waals surface area contributed by atoms with E-state index in [9.17, 15) is 9.59 Å². The standard InChI is InChI=1S/C13H16O4/c1-9(16-10(2)14)13(17-11(3)15)12-7-5-4-6-8-12/h4-9,13H,1-3H3/t9-,13+/m1/s1. The van der Waals surface area contributed by atoms with Crippen LogP contribution < -0.4 is 0 Å². The van der Waals surface area contributed by atoms with E-state index in [1.807, 2.05) is 30.3 Å². The van der Waals surface area contributed by atoms with Gasteiger partial charge in [-0.1, -0.05) is 30.3 Å². The summed E-state index contributed by atoms with van der Waals surface area (Å²) in [5.74, 6) is -0.802. The first-order chi connectivity index (χ1) is 8.00. The molecule has 0 saturated carbocycles. The Hall–Kier alpha value is -1.84. The minimum atomic E-state index is -0.572. The quantitative estimate of drug-likeness (QED) is 0.752. The van der Waals surface area contributed by atoms with Crippen LogP contribution in [0.3, 0.4) is 0 Å². The van der Waals surface area contributed by atoms with Gasteiger partial charge in [-0.05, 0) is 12.5 Å². The Morgan fingerprint density at radius 3 is 2.00 bits per heavy atom. The zero-order valence-electron chi connectivity index (χ0n) is 10.2. The second-order valence-corrected chi connectivity index (χ2v) is 3.76. The normalized spacial score (nSPS) is 13.6. The maximum absolute atomic E-state index is 11.1. The molecule has 0 N–H and O–H groups in total. The van der Waals surface area contributed by atoms with E-state index in [0.29, 0.717) is 0 Å². The van der Waals surface area contributed by atoms with Gasteiger partial charge in [0.15, 0.2) is 6.10 Å². The molecule has 0 aromatic heterocycles. The SMILES string of the molecule is CC(=O)O[C@H](c1ccccc1)[C@@H](C)OC(C)=O. The molecule has 0 aliphatic carbocycles. The van der Waals surface area contributed by atoms with Crippen LogP contribution in [0.4, 0.5) is 0 Å². The lowest BCUT2D eigenvalue weighted by Gasteiger charge is -2.23. The summed E-state index contributed by atoms with van der Waals surface area (Å²) >= 11 is 0. The fourth-order valence-electron chi connectivity index (χ4n) is 1.58. The van der Waals surface area contributed by atoms with Gasteiger partial charge in [-0.25, -0.2) is 0 Å². The number of rotatable bonds is 4. The number of ether oxygens (including phenoxy) is 2. The highest BCUT2D eigenvalue weighted by Gasteiger charge is 2.24. The Labute approximate surface area is 101 Å². The lowest BCUT2D eigenvalue weighted by molar-refractivity contribution is -0.164. The average Bonchev–Trinajstić information content (AvgIpc) is 2.25. The Kier molecular flexibility index (Phi) is 4.69. The lowest BCUT2D eigenvalue weighted by Crippen LogP contribution is -2.25. The molecule has 0 heterocycles. The van der Waals surface area contributed by atoms with Crippen LogP contribution in [0.1, 0.15) is 32.4 Å². The highest BCUT2D eigenvalue weighted by molar-refractivity contribution is 5.67. The van der Waals surface area contributed by atoms with E-state index in [4.69, 9.17) is 9.47 Å². The number of carbonyl (C=O) groups excluding carboxylic acids is 2. The lowest BCUT2D eigenvalue weighted by atomic mass is 10.1. The van der Waals surface area contributed by atoms with E-state index in [0.717, 1.165) is 5.56 Å². The Balaban J connectivity index is 2.87. The van der Waals surface area contributed by atoms with Crippen LogP contribution in [0, 0.1) is 0 Å². The molecule has 2 atom stereocenters. The van der Waals surface area contributed by atoms with Gasteiger partial charge in [0, 0.05) is 13.8 Å². The van der Waals surface area contributed by atoms with Gasteiger partial charge in [-0.15, -0.1) is 0 Å². The molecule has 0 aliphatic heterocycles. The van der Waals surface area contributed by atoms with Crippen LogP contribution in [0.2, 0.25) is 0 Å². The predicted octanol–water partition coefficient (Wildman–Crippen LogP) is 2.24. The summed E-state index contributed by atoms with van der Waals surface area (Å²) in [6.45, 7) is 4.35. The summed E-state index contributed by atoms with van der Waals surface area (Å²) in [5.41, 5.74) is 0.802. The van der Waals surface area contributed by atoms with Gasteiger partial charge in [-0.2, -0.15) is 0 Å². The van der Waals surface area contributed by atoms with E-state index >= 15 is 0 Å². The smallest absolute Gasteiger partial charge is 0.303 e. The van der Waals surface area contributed by atoms with Crippen LogP contribution in [-0.2, 0) is 19.1 Å². The monoisotopic (exact) mass is 236 g/mol. The molecule has 1 aromatic carbocycles. The van der Waals surface area contributed by atoms with E-state index in [2.05, 4.69) is 0 Å². The molecule has 0 radical (unpaired) electrons. The number of carbonyl (C=O) groups is 2. The number of esters is 2. The third-order valence-corrected chi connectivity index (χ3v) is 2.20. The van der Waals surface area contributed by atoms with E-state index < -0.39 is 24.1 Å². The van der Waals surface area contributed by atoms with Gasteiger partial charge in [0.25, 0.3) is 0 Å². The van der Waals surface area contributed by atoms with E-state index in [1.54, 1.807) is 6.92 Å². The largest absolute Gasteiger partial charge is 0.459 e. The second kappa shape index (κ2) is 6.03. The molecular formula is C13H16O4. The summed E-state index contributed by atoms with van der Waals surface area (Å²) in [5, 5.41) is 0. The van der Waals surface area contributed by atoms with Crippen molar-refractivity contribution in [1.82, 2.24) is 0 Å². The minimum Gasteiger partial charge on any atom is -0.459 e. The van der Waals surface area contributed by atoms with Crippen molar-refractivity contribution in [3.8, 4) is 0 Å². The fraction of sp³-hybridized carbons (Fsp3) is 0.385. The van der Waals surface area contributed by atoms with Crippen molar-refractivity contribution in [3.05, 3.63) is 35.9 Å². The second-order valence-electron chi connectivity index (χ2n) is 3.76. The summed E-state index contributed by atoms with van der Waals surface area (Å²) < 4.78 is 10.2. The minimum absolute atomic E-state index is 0.398. The highest BCUT2D eigenvalue weighted by Crippen LogP contribution is 2.23. The molecular weight excluding hydrogens is 220 g/mol. The molecule has 4 nitrogen and oxygen atoms in total. The van der Waals surface area contributed by atoms with Gasteiger partial charge in [-0.3, -0.25) is 9.59 Å². The van der Waals surface area contributed by atoms with Crippen molar-refractivity contribution < 1.29 is 19.1 Å². The third kappa shape index (κ3) is 4.26. The number of hydrogen-bond donors (Lipinski definition) is 0. The molecule has 17 heavy (non-hydrogen) atoms. The third-order valence-electron chi connectivity index (χ3n) is 2.20. The van der Waals surface area contributed by atoms with E-state index in [-0.39, 0.29) is 0 Å². The Morgan fingerprint density at radius 1 is 1.00 bits per heavy atom. The number of benzene rings is 1. The molecule has 0 spiro atoms. The van der Waals surface area contributed by atoms with Gasteiger partial charge >= 0.3 is 11.9 Å². The summed E-state index contributed by atoms with van der Waals surface area (Å²) in [4.78, 5) is 22.0. The molecule has 0 unspecified atom stereocenters. The topological polar surface area (TPSA) is 52.6 Å². The summed E-state index contributed by atoms with van der Waals surface area (Å²) in [6, 6.07) is 9.20. The summed E-state index contributed by atoms with van der Waals surface area (Å²) in [6.07, 6.45) is -1.09. The Morgan fingerprint density at radius 2 is 1.53 bits per heavy atom. The summed E-state index contributed by atoms with van der Waals surface area (Å²) in [7, 11) is 0. The van der Waals surface area contributed by atoms with Crippen molar-refractivity contribution in [2.24, 2.45) is 0 Å². The average molecular weight is 236 g/mol. The van der Waals surface area contributed by atoms with Gasteiger partial charge < -0.3 is 9.47 Å². The van der Waals surface area contributed by atoms with Crippen molar-refractivity contribution >= 4 is 11.9 Å². The first-order valence-corrected chi connectivity index (χ1v) is 5.40. The van der Waals surface area contributed by atoms with Gasteiger partial charge in [0.1, 0.15) is 6.10 Å². The van der Waals surface area contributed by atoms with Crippen LogP contribution >= 0.6 is 0 Å². The Bertz CT molecular complexity index is 386. The molecule has 0 amide bonds. The highest BCUT2D eigenvalue weighted by atomic mass is 16.6. The van der Waals surface area contributed by atoms with Gasteiger partial charge in [0.2, 0.25) is 0 Å². The first-order valence-electron chi connectivity index (χ1n) is 5.40. The molecule has 1 rings (SSSR count). The van der Waals surface area contributed by atoms with Crippen LogP contribution in [0.25, 0.3) is 0 Å². The molecule has 0 fully saturated rings. The van der Waals surface area contributed by atoms with Crippen LogP contribution in [0.15, 0.2) is 30.3 Å². The zero-order valence-corrected chi connectivity index (χ0v) is 10.2. The van der Waals surface area contributed by atoms with Crippen molar-refractivity contribution in [1.29, 1.82) is 0 Å². The molecule has 1 aromatic rings. The maximum Gasteiger partial charge on any atom is 0.303 e. The first kappa shape index (κ1) is 13.2. The molecule has 4 heteroatoms. The van der Waals surface area contributed by atoms with E-state index in [1.165, 1.54) is 13.8 Å². The predicted molar refractivity (Wildman–Crippen MR) is 62.2 cm³/mol. The molecule has 92 valence electrons. The van der Waals surface area contributed by atoms with Crippen LogP contribution in [-0.4, -0.2) is 18.0 Å². The molecule has 0 aliphatic rings.